The third kappa shape index (κ3) is 2.45. The monoisotopic (exact) mass is 316 g/mol. The van der Waals surface area contributed by atoms with Crippen molar-refractivity contribution in [2.75, 3.05) is 0 Å². The van der Waals surface area contributed by atoms with Crippen LogP contribution in [0.5, 0.6) is 0 Å². The van der Waals surface area contributed by atoms with Crippen molar-refractivity contribution in [3.8, 4) is 0 Å². The summed E-state index contributed by atoms with van der Waals surface area (Å²) in [7, 11) is 0. The largest absolute Gasteiger partial charge is 0.295 e. The van der Waals surface area contributed by atoms with Gasteiger partial charge in [-0.1, -0.05) is 40.2 Å². The first-order chi connectivity index (χ1) is 10.9. The first-order valence-electron chi connectivity index (χ1n) is 10.2. The number of hydrogen-bond acceptors (Lipinski definition) is 1. The highest BCUT2D eigenvalue weighted by Crippen LogP contribution is 2.66. The van der Waals surface area contributed by atoms with E-state index in [9.17, 15) is 4.79 Å². The number of allylic oxidation sites excluding steroid dienone is 1. The Morgan fingerprint density at radius 1 is 0.957 bits per heavy atom. The average molecular weight is 317 g/mol. The van der Waals surface area contributed by atoms with Crippen LogP contribution in [0.15, 0.2) is 11.6 Å². The minimum Gasteiger partial charge on any atom is -0.295 e. The van der Waals surface area contributed by atoms with Gasteiger partial charge in [0.1, 0.15) is 0 Å². The molecule has 6 unspecified atom stereocenters. The Hall–Kier alpha value is -0.590. The molecule has 1 heteroatoms. The molecule has 0 N–H and O–H groups in total. The maximum Gasteiger partial charge on any atom is 0.155 e. The van der Waals surface area contributed by atoms with Gasteiger partial charge in [-0.15, -0.1) is 0 Å². The molecule has 6 atom stereocenters. The molecule has 130 valence electrons. The number of ketones is 1. The average Bonchev–Trinajstić information content (AvgIpc) is 2.86. The van der Waals surface area contributed by atoms with Gasteiger partial charge in [0.2, 0.25) is 0 Å². The van der Waals surface area contributed by atoms with Gasteiger partial charge < -0.3 is 0 Å². The normalized spacial score (nSPS) is 48.4. The van der Waals surface area contributed by atoms with Crippen molar-refractivity contribution >= 4 is 5.78 Å². The number of fused-ring (bicyclic) bond motifs is 5. The van der Waals surface area contributed by atoms with E-state index in [2.05, 4.69) is 20.8 Å². The third-order valence-corrected chi connectivity index (χ3v) is 8.44. The topological polar surface area (TPSA) is 17.1 Å². The molecule has 4 aliphatic rings. The maximum absolute atomic E-state index is 11.8. The molecule has 0 aromatic carbocycles. The first kappa shape index (κ1) is 17.2. The minimum atomic E-state index is 0.351. The van der Waals surface area contributed by atoms with Crippen LogP contribution in [0.25, 0.3) is 0 Å². The van der Waals surface area contributed by atoms with Crippen LogP contribution in [0.3, 0.4) is 0 Å². The zero-order valence-electron chi connectivity index (χ0n) is 16.0. The van der Waals surface area contributed by atoms with Crippen LogP contribution in [0.1, 0.15) is 86.0 Å². The molecule has 0 aromatic rings. The van der Waals surface area contributed by atoms with Gasteiger partial charge in [0.25, 0.3) is 0 Å². The molecule has 0 amide bonds. The quantitative estimate of drug-likeness (QED) is 0.521. The van der Waals surface area contributed by atoms with Crippen LogP contribution in [0.4, 0.5) is 0 Å². The maximum atomic E-state index is 11.8. The van der Waals surface area contributed by atoms with Gasteiger partial charge in [0.15, 0.2) is 5.78 Å². The van der Waals surface area contributed by atoms with E-state index in [0.717, 1.165) is 36.5 Å². The molecule has 4 aliphatic carbocycles. The SMILES string of the molecule is CC.CC1CCC2C3CCC4=CC(=O)CCC4(C)C3CCC12C. The Morgan fingerprint density at radius 3 is 2.43 bits per heavy atom. The fourth-order valence-electron chi connectivity index (χ4n) is 6.82. The van der Waals surface area contributed by atoms with Crippen molar-refractivity contribution in [1.82, 2.24) is 0 Å². The van der Waals surface area contributed by atoms with Crippen LogP contribution >= 0.6 is 0 Å². The summed E-state index contributed by atoms with van der Waals surface area (Å²) < 4.78 is 0. The standard InChI is InChI=1S/C20H30O.C2H6/c1-13-4-7-17-16-6-5-14-12-15(21)8-10-20(14,3)18(16)9-11-19(13,17)2;1-2/h12-13,16-18H,4-11H2,1-3H3;1-2H3. The molecule has 0 aliphatic heterocycles. The first-order valence-corrected chi connectivity index (χ1v) is 10.2. The highest BCUT2D eigenvalue weighted by molar-refractivity contribution is 5.91. The lowest BCUT2D eigenvalue weighted by Crippen LogP contribution is -2.50. The Bertz CT molecular complexity index is 504. The lowest BCUT2D eigenvalue weighted by atomic mass is 9.47. The van der Waals surface area contributed by atoms with Crippen molar-refractivity contribution < 1.29 is 4.79 Å². The van der Waals surface area contributed by atoms with Crippen molar-refractivity contribution in [2.24, 2.45) is 34.5 Å². The van der Waals surface area contributed by atoms with Crippen molar-refractivity contribution in [2.45, 2.75) is 86.0 Å². The molecule has 0 spiro atoms. The Morgan fingerprint density at radius 2 is 1.70 bits per heavy atom. The van der Waals surface area contributed by atoms with Crippen LogP contribution in [-0.4, -0.2) is 5.78 Å². The van der Waals surface area contributed by atoms with Crippen LogP contribution in [-0.2, 0) is 4.79 Å². The molecule has 4 rings (SSSR count). The highest BCUT2D eigenvalue weighted by atomic mass is 16.1. The lowest BCUT2D eigenvalue weighted by molar-refractivity contribution is -0.117. The summed E-state index contributed by atoms with van der Waals surface area (Å²) in [4.78, 5) is 11.8. The number of rotatable bonds is 0. The lowest BCUT2D eigenvalue weighted by Gasteiger charge is -2.58. The molecule has 3 saturated carbocycles. The predicted molar refractivity (Wildman–Crippen MR) is 97.2 cm³/mol. The van der Waals surface area contributed by atoms with Crippen LogP contribution < -0.4 is 0 Å². The number of carbonyl (C=O) groups excluding carboxylic acids is 1. The predicted octanol–water partition coefficient (Wildman–Crippen LogP) is 6.18. The highest BCUT2D eigenvalue weighted by Gasteiger charge is 2.57. The molecule has 0 heterocycles. The van der Waals surface area contributed by atoms with E-state index in [1.165, 1.54) is 44.1 Å². The van der Waals surface area contributed by atoms with Gasteiger partial charge >= 0.3 is 0 Å². The second-order valence-electron chi connectivity index (χ2n) is 8.99. The van der Waals surface area contributed by atoms with Crippen LogP contribution in [0.2, 0.25) is 0 Å². The van der Waals surface area contributed by atoms with E-state index in [4.69, 9.17) is 0 Å². The summed E-state index contributed by atoms with van der Waals surface area (Å²) in [5.41, 5.74) is 2.47. The Labute approximate surface area is 143 Å². The molecule has 0 bridgehead atoms. The second-order valence-corrected chi connectivity index (χ2v) is 8.99. The van der Waals surface area contributed by atoms with Gasteiger partial charge in [-0.2, -0.15) is 0 Å². The molecule has 0 saturated heterocycles. The zero-order valence-corrected chi connectivity index (χ0v) is 16.0. The van der Waals surface area contributed by atoms with E-state index in [1.807, 2.05) is 19.9 Å². The number of hydrogen-bond donors (Lipinski definition) is 0. The third-order valence-electron chi connectivity index (χ3n) is 8.44. The zero-order chi connectivity index (χ0) is 16.8. The second kappa shape index (κ2) is 6.05. The van der Waals surface area contributed by atoms with E-state index in [-0.39, 0.29) is 0 Å². The molecule has 3 fully saturated rings. The molecule has 23 heavy (non-hydrogen) atoms. The minimum absolute atomic E-state index is 0.351. The molecule has 1 nitrogen and oxygen atoms in total. The van der Waals surface area contributed by atoms with E-state index in [0.29, 0.717) is 16.6 Å². The molecule has 0 aromatic heterocycles. The van der Waals surface area contributed by atoms with Crippen molar-refractivity contribution in [1.29, 1.82) is 0 Å². The van der Waals surface area contributed by atoms with Gasteiger partial charge in [-0.05, 0) is 85.5 Å². The summed E-state index contributed by atoms with van der Waals surface area (Å²) in [5.74, 6) is 4.05. The van der Waals surface area contributed by atoms with E-state index < -0.39 is 0 Å². The summed E-state index contributed by atoms with van der Waals surface area (Å²) in [6, 6.07) is 0. The summed E-state index contributed by atoms with van der Waals surface area (Å²) in [6.45, 7) is 11.6. The Kier molecular flexibility index (Phi) is 4.53. The van der Waals surface area contributed by atoms with E-state index in [1.54, 1.807) is 0 Å². The fraction of sp³-hybridized carbons (Fsp3) is 0.864. The summed E-state index contributed by atoms with van der Waals surface area (Å²) >= 11 is 0. The fourth-order valence-corrected chi connectivity index (χ4v) is 6.82. The van der Waals surface area contributed by atoms with E-state index >= 15 is 0 Å². The molecule has 0 radical (unpaired) electrons. The van der Waals surface area contributed by atoms with Gasteiger partial charge in [0.05, 0.1) is 0 Å². The van der Waals surface area contributed by atoms with Gasteiger partial charge in [-0.3, -0.25) is 4.79 Å². The summed E-state index contributed by atoms with van der Waals surface area (Å²) in [5, 5.41) is 0. The number of carbonyl (C=O) groups is 1. The summed E-state index contributed by atoms with van der Waals surface area (Å²) in [6.07, 6.45) is 12.2. The van der Waals surface area contributed by atoms with Crippen molar-refractivity contribution in [3.05, 3.63) is 11.6 Å². The molecular weight excluding hydrogens is 280 g/mol. The molecular formula is C22H36O. The van der Waals surface area contributed by atoms with Gasteiger partial charge in [0, 0.05) is 6.42 Å². The Balaban J connectivity index is 0.000000753. The van der Waals surface area contributed by atoms with Gasteiger partial charge in [-0.25, -0.2) is 0 Å². The van der Waals surface area contributed by atoms with Crippen molar-refractivity contribution in [3.63, 3.8) is 0 Å². The van der Waals surface area contributed by atoms with Crippen LogP contribution in [0, 0.1) is 34.5 Å². The smallest absolute Gasteiger partial charge is 0.155 e.